The number of fused-ring (bicyclic) bond motifs is 1. The van der Waals surface area contributed by atoms with Crippen LogP contribution in [0.2, 0.25) is 5.02 Å². The van der Waals surface area contributed by atoms with Gasteiger partial charge in [0.05, 0.1) is 5.69 Å². The Kier molecular flexibility index (Phi) is 5.31. The van der Waals surface area contributed by atoms with Gasteiger partial charge in [-0.1, -0.05) is 41.0 Å². The van der Waals surface area contributed by atoms with Crippen molar-refractivity contribution in [2.24, 2.45) is 5.73 Å². The number of halogens is 2. The predicted octanol–water partition coefficient (Wildman–Crippen LogP) is 4.33. The largest absolute Gasteiger partial charge is 0.356 e. The van der Waals surface area contributed by atoms with Gasteiger partial charge in [-0.2, -0.15) is 0 Å². The lowest BCUT2D eigenvalue weighted by Crippen LogP contribution is -2.17. The zero-order valence-electron chi connectivity index (χ0n) is 15.8. The number of nitrogens with two attached hydrogens (primary N) is 1. The number of rotatable bonds is 5. The molecule has 154 valence electrons. The molecule has 0 aliphatic carbocycles. The van der Waals surface area contributed by atoms with Crippen molar-refractivity contribution in [3.05, 3.63) is 76.7 Å². The minimum absolute atomic E-state index is 0.00776. The first kappa shape index (κ1) is 20.5. The Morgan fingerprint density at radius 3 is 2.70 bits per heavy atom. The first-order valence-electron chi connectivity index (χ1n) is 8.99. The smallest absolute Gasteiger partial charge is 0.192 e. The van der Waals surface area contributed by atoms with Gasteiger partial charge in [-0.3, -0.25) is 0 Å². The van der Waals surface area contributed by atoms with Gasteiger partial charge in [0.2, 0.25) is 0 Å². The van der Waals surface area contributed by atoms with Crippen LogP contribution in [-0.4, -0.2) is 24.8 Å². The highest BCUT2D eigenvalue weighted by molar-refractivity contribution is 7.90. The van der Waals surface area contributed by atoms with E-state index in [9.17, 15) is 12.8 Å². The van der Waals surface area contributed by atoms with Crippen LogP contribution >= 0.6 is 11.6 Å². The zero-order chi connectivity index (χ0) is 21.5. The normalized spacial score (nSPS) is 12.9. The molecular formula is C21H17ClFN3O3S. The Morgan fingerprint density at radius 2 is 1.93 bits per heavy atom. The maximum Gasteiger partial charge on any atom is 0.192 e. The molecule has 0 amide bonds. The monoisotopic (exact) mass is 445 g/mol. The quantitative estimate of drug-likeness (QED) is 0.491. The molecule has 2 aromatic carbocycles. The van der Waals surface area contributed by atoms with E-state index >= 15 is 0 Å². The maximum absolute atomic E-state index is 14.3. The summed E-state index contributed by atoms with van der Waals surface area (Å²) in [4.78, 5) is 3.97. The molecule has 0 aliphatic heterocycles. The van der Waals surface area contributed by atoms with E-state index in [0.717, 1.165) is 29.3 Å². The van der Waals surface area contributed by atoms with Crippen molar-refractivity contribution in [1.29, 1.82) is 0 Å². The van der Waals surface area contributed by atoms with Crippen molar-refractivity contribution in [2.75, 3.05) is 6.26 Å². The second kappa shape index (κ2) is 7.79. The van der Waals surface area contributed by atoms with Crippen LogP contribution in [-0.2, 0) is 16.3 Å². The molecule has 0 bridgehead atoms. The lowest BCUT2D eigenvalue weighted by molar-refractivity contribution is 0.459. The summed E-state index contributed by atoms with van der Waals surface area (Å²) in [7, 11) is -3.57. The number of sulfone groups is 1. The van der Waals surface area contributed by atoms with Crippen LogP contribution in [0, 0.1) is 5.82 Å². The number of hydrogen-bond donors (Lipinski definition) is 1. The van der Waals surface area contributed by atoms with Crippen molar-refractivity contribution in [2.45, 2.75) is 17.5 Å². The summed E-state index contributed by atoms with van der Waals surface area (Å²) in [6.07, 6.45) is 1.03. The number of benzene rings is 2. The fourth-order valence-electron chi connectivity index (χ4n) is 3.27. The van der Waals surface area contributed by atoms with E-state index in [-0.39, 0.29) is 17.1 Å². The number of nitrogens with zero attached hydrogens (tertiary/aromatic N) is 2. The molecule has 0 saturated heterocycles. The Hall–Kier alpha value is -2.81. The first-order valence-corrected chi connectivity index (χ1v) is 11.3. The highest BCUT2D eigenvalue weighted by Gasteiger charge is 2.21. The molecule has 2 N–H and O–H groups in total. The third-order valence-corrected chi connectivity index (χ3v) is 5.96. The molecule has 0 saturated carbocycles. The van der Waals surface area contributed by atoms with Gasteiger partial charge in [-0.15, -0.1) is 0 Å². The van der Waals surface area contributed by atoms with Crippen molar-refractivity contribution in [3.8, 4) is 11.3 Å². The Bertz CT molecular complexity index is 1350. The molecule has 0 aliphatic rings. The summed E-state index contributed by atoms with van der Waals surface area (Å²) < 4.78 is 43.2. The molecule has 1 atom stereocenters. The predicted molar refractivity (Wildman–Crippen MR) is 112 cm³/mol. The molecule has 0 fully saturated rings. The van der Waals surface area contributed by atoms with Gasteiger partial charge >= 0.3 is 0 Å². The van der Waals surface area contributed by atoms with Crippen LogP contribution in [0.5, 0.6) is 0 Å². The van der Waals surface area contributed by atoms with Gasteiger partial charge < -0.3 is 10.3 Å². The summed E-state index contributed by atoms with van der Waals surface area (Å²) in [5.74, 6) is -0.614. The molecule has 9 heteroatoms. The summed E-state index contributed by atoms with van der Waals surface area (Å²) in [5.41, 5.74) is 8.93. The second-order valence-corrected chi connectivity index (χ2v) is 9.32. The summed E-state index contributed by atoms with van der Waals surface area (Å²) in [6, 6.07) is 14.1. The van der Waals surface area contributed by atoms with Gasteiger partial charge in [0, 0.05) is 40.8 Å². The first-order chi connectivity index (χ1) is 14.2. The minimum atomic E-state index is -3.57. The van der Waals surface area contributed by atoms with Crippen LogP contribution in [0.3, 0.4) is 0 Å². The van der Waals surface area contributed by atoms with Crippen molar-refractivity contribution >= 4 is 32.4 Å². The van der Waals surface area contributed by atoms with Crippen LogP contribution in [0.25, 0.3) is 22.2 Å². The molecule has 2 heterocycles. The molecule has 0 radical (unpaired) electrons. The van der Waals surface area contributed by atoms with Crippen molar-refractivity contribution < 1.29 is 17.3 Å². The SMILES string of the molecule is CS(=O)(=O)c1ccc(F)c(CC(N)c2ccccc2-c2noc3cc(Cl)ccc23)n1. The van der Waals surface area contributed by atoms with Crippen LogP contribution < -0.4 is 5.73 Å². The van der Waals surface area contributed by atoms with E-state index in [0.29, 0.717) is 21.9 Å². The summed E-state index contributed by atoms with van der Waals surface area (Å²) in [5, 5.41) is 5.26. The third kappa shape index (κ3) is 3.94. The number of pyridine rings is 1. The van der Waals surface area contributed by atoms with Crippen molar-refractivity contribution in [1.82, 2.24) is 10.1 Å². The van der Waals surface area contributed by atoms with E-state index in [1.54, 1.807) is 12.1 Å². The van der Waals surface area contributed by atoms with Gasteiger partial charge in [-0.05, 0) is 29.8 Å². The average Bonchev–Trinajstić information content (AvgIpc) is 3.11. The maximum atomic E-state index is 14.3. The lowest BCUT2D eigenvalue weighted by atomic mass is 9.94. The van der Waals surface area contributed by atoms with Gasteiger partial charge in [0.15, 0.2) is 20.4 Å². The number of hydrogen-bond acceptors (Lipinski definition) is 6. The molecule has 2 aromatic heterocycles. The molecule has 30 heavy (non-hydrogen) atoms. The summed E-state index contributed by atoms with van der Waals surface area (Å²) >= 11 is 6.01. The zero-order valence-corrected chi connectivity index (χ0v) is 17.4. The topological polar surface area (TPSA) is 99.1 Å². The molecule has 4 aromatic rings. The lowest BCUT2D eigenvalue weighted by Gasteiger charge is -2.16. The van der Waals surface area contributed by atoms with E-state index < -0.39 is 21.7 Å². The Labute approximate surface area is 177 Å². The van der Waals surface area contributed by atoms with Gasteiger partial charge in [-0.25, -0.2) is 17.8 Å². The Balaban J connectivity index is 1.74. The van der Waals surface area contributed by atoms with Gasteiger partial charge in [0.25, 0.3) is 0 Å². The average molecular weight is 446 g/mol. The molecule has 4 rings (SSSR count). The summed E-state index contributed by atoms with van der Waals surface area (Å²) in [6.45, 7) is 0. The van der Waals surface area contributed by atoms with Crippen LogP contribution in [0.1, 0.15) is 17.3 Å². The van der Waals surface area contributed by atoms with E-state index in [2.05, 4.69) is 10.1 Å². The fraction of sp³-hybridized carbons (Fsp3) is 0.143. The molecule has 0 spiro atoms. The second-order valence-electron chi connectivity index (χ2n) is 6.92. The third-order valence-electron chi connectivity index (χ3n) is 4.74. The highest BCUT2D eigenvalue weighted by atomic mass is 35.5. The van der Waals surface area contributed by atoms with Crippen LogP contribution in [0.15, 0.2) is 64.1 Å². The minimum Gasteiger partial charge on any atom is -0.356 e. The highest BCUT2D eigenvalue weighted by Crippen LogP contribution is 2.34. The molecule has 6 nitrogen and oxygen atoms in total. The van der Waals surface area contributed by atoms with Crippen molar-refractivity contribution in [3.63, 3.8) is 0 Å². The van der Waals surface area contributed by atoms with E-state index in [1.165, 1.54) is 0 Å². The van der Waals surface area contributed by atoms with E-state index in [1.807, 2.05) is 30.3 Å². The standard InChI is InChI=1S/C21H17ClFN3O3S/c1-30(27,28)20-9-8-16(23)18(25-20)11-17(24)13-4-2-3-5-14(13)21-15-7-6-12(22)10-19(15)29-26-21/h2-10,17H,11,24H2,1H3. The molecular weight excluding hydrogens is 429 g/mol. The van der Waals surface area contributed by atoms with Crippen LogP contribution in [0.4, 0.5) is 4.39 Å². The fourth-order valence-corrected chi connectivity index (χ4v) is 4.03. The number of aromatic nitrogens is 2. The van der Waals surface area contributed by atoms with E-state index in [4.69, 9.17) is 21.9 Å². The Morgan fingerprint density at radius 1 is 1.17 bits per heavy atom. The molecule has 1 unspecified atom stereocenters. The van der Waals surface area contributed by atoms with Gasteiger partial charge in [0.1, 0.15) is 11.5 Å².